The van der Waals surface area contributed by atoms with E-state index in [4.69, 9.17) is 4.74 Å². The van der Waals surface area contributed by atoms with Crippen LogP contribution in [0.4, 0.5) is 11.4 Å². The number of rotatable bonds is 5. The van der Waals surface area contributed by atoms with Crippen LogP contribution in [0.1, 0.15) is 37.3 Å². The lowest BCUT2D eigenvalue weighted by molar-refractivity contribution is -0.151. The highest BCUT2D eigenvalue weighted by atomic mass is 16.5. The van der Waals surface area contributed by atoms with Gasteiger partial charge in [-0.3, -0.25) is 9.59 Å². The van der Waals surface area contributed by atoms with E-state index < -0.39 is 0 Å². The zero-order valence-corrected chi connectivity index (χ0v) is 17.7. The van der Waals surface area contributed by atoms with Crippen molar-refractivity contribution in [2.24, 2.45) is 5.92 Å². The van der Waals surface area contributed by atoms with Crippen molar-refractivity contribution in [2.75, 3.05) is 31.1 Å². The molecule has 0 aliphatic carbocycles. The molecule has 0 spiro atoms. The van der Waals surface area contributed by atoms with E-state index in [0.29, 0.717) is 26.1 Å². The standard InChI is InChI=1S/C25H30N2O3/c1-2-30-25(29)21-10-7-16-26(18-21)24(28)15-17-27-22-11-5-3-8-19(22)13-14-20-9-4-6-12-23(20)27/h3-6,8-9,11-12,21H,2,7,10,13-18H2,1H3/t21-/m1/s1. The minimum absolute atomic E-state index is 0.114. The number of likely N-dealkylation sites (tertiary alicyclic amines) is 1. The highest BCUT2D eigenvalue weighted by Crippen LogP contribution is 2.36. The molecule has 1 fully saturated rings. The Bertz CT molecular complexity index is 863. The van der Waals surface area contributed by atoms with E-state index in [1.54, 1.807) is 0 Å². The first kappa shape index (κ1) is 20.5. The van der Waals surface area contributed by atoms with Crippen molar-refractivity contribution in [1.82, 2.24) is 4.90 Å². The molecular weight excluding hydrogens is 376 g/mol. The van der Waals surface area contributed by atoms with Crippen molar-refractivity contribution >= 4 is 23.3 Å². The largest absolute Gasteiger partial charge is 0.466 e. The van der Waals surface area contributed by atoms with Gasteiger partial charge in [0, 0.05) is 37.4 Å². The molecule has 1 saturated heterocycles. The number of anilines is 2. The Morgan fingerprint density at radius 3 is 2.27 bits per heavy atom. The molecule has 5 heteroatoms. The minimum atomic E-state index is -0.192. The molecule has 0 N–H and O–H groups in total. The number of hydrogen-bond donors (Lipinski definition) is 0. The zero-order chi connectivity index (χ0) is 20.9. The fourth-order valence-corrected chi connectivity index (χ4v) is 4.63. The summed E-state index contributed by atoms with van der Waals surface area (Å²) in [6.07, 6.45) is 4.09. The average Bonchev–Trinajstić information content (AvgIpc) is 2.94. The molecule has 30 heavy (non-hydrogen) atoms. The Morgan fingerprint density at radius 2 is 1.63 bits per heavy atom. The van der Waals surface area contributed by atoms with Crippen LogP contribution in [-0.4, -0.2) is 43.0 Å². The van der Waals surface area contributed by atoms with Crippen LogP contribution in [0.5, 0.6) is 0 Å². The van der Waals surface area contributed by atoms with E-state index in [0.717, 1.165) is 32.2 Å². The van der Waals surface area contributed by atoms with Crippen molar-refractivity contribution < 1.29 is 14.3 Å². The third kappa shape index (κ3) is 4.35. The number of amides is 1. The van der Waals surface area contributed by atoms with Crippen molar-refractivity contribution in [3.63, 3.8) is 0 Å². The number of benzene rings is 2. The monoisotopic (exact) mass is 406 g/mol. The first-order chi connectivity index (χ1) is 14.7. The van der Waals surface area contributed by atoms with Gasteiger partial charge >= 0.3 is 5.97 Å². The second-order valence-corrected chi connectivity index (χ2v) is 8.09. The van der Waals surface area contributed by atoms with Crippen LogP contribution in [0.2, 0.25) is 0 Å². The number of nitrogens with zero attached hydrogens (tertiary/aromatic N) is 2. The van der Waals surface area contributed by atoms with Gasteiger partial charge in [0.2, 0.25) is 5.91 Å². The van der Waals surface area contributed by atoms with Crippen LogP contribution in [0.15, 0.2) is 48.5 Å². The summed E-state index contributed by atoms with van der Waals surface area (Å²) in [5.41, 5.74) is 5.03. The van der Waals surface area contributed by atoms with Crippen LogP contribution >= 0.6 is 0 Å². The molecule has 1 amide bonds. The molecule has 2 aromatic carbocycles. The van der Waals surface area contributed by atoms with E-state index in [9.17, 15) is 9.59 Å². The third-order valence-corrected chi connectivity index (χ3v) is 6.17. The van der Waals surface area contributed by atoms with Gasteiger partial charge < -0.3 is 14.5 Å². The number of carbonyl (C=O) groups is 2. The maximum absolute atomic E-state index is 13.0. The highest BCUT2D eigenvalue weighted by molar-refractivity contribution is 5.80. The lowest BCUT2D eigenvalue weighted by atomic mass is 9.98. The fraction of sp³-hybridized carbons (Fsp3) is 0.440. The van der Waals surface area contributed by atoms with Crippen LogP contribution in [0, 0.1) is 5.92 Å². The Hall–Kier alpha value is -2.82. The van der Waals surface area contributed by atoms with E-state index >= 15 is 0 Å². The molecular formula is C25H30N2O3. The molecule has 2 aliphatic heterocycles. The topological polar surface area (TPSA) is 49.9 Å². The summed E-state index contributed by atoms with van der Waals surface area (Å²) < 4.78 is 5.17. The van der Waals surface area contributed by atoms with Crippen molar-refractivity contribution in [3.05, 3.63) is 59.7 Å². The summed E-state index contributed by atoms with van der Waals surface area (Å²) in [6, 6.07) is 17.0. The number of hydrogen-bond acceptors (Lipinski definition) is 4. The quantitative estimate of drug-likeness (QED) is 0.701. The van der Waals surface area contributed by atoms with Gasteiger partial charge in [-0.25, -0.2) is 0 Å². The van der Waals surface area contributed by atoms with Gasteiger partial charge in [-0.15, -0.1) is 0 Å². The summed E-state index contributed by atoms with van der Waals surface area (Å²) in [5.74, 6) is -0.254. The number of aryl methyl sites for hydroxylation is 2. The van der Waals surface area contributed by atoms with E-state index in [1.165, 1.54) is 22.5 Å². The molecule has 1 atom stereocenters. The molecule has 2 aliphatic rings. The number of ether oxygens (including phenoxy) is 1. The van der Waals surface area contributed by atoms with Gasteiger partial charge in [-0.2, -0.15) is 0 Å². The second-order valence-electron chi connectivity index (χ2n) is 8.09. The number of carbonyl (C=O) groups excluding carboxylic acids is 2. The Labute approximate surface area is 178 Å². The van der Waals surface area contributed by atoms with Crippen molar-refractivity contribution in [2.45, 2.75) is 39.0 Å². The summed E-state index contributed by atoms with van der Waals surface area (Å²) in [7, 11) is 0. The first-order valence-corrected chi connectivity index (χ1v) is 11.0. The molecule has 2 aromatic rings. The highest BCUT2D eigenvalue weighted by Gasteiger charge is 2.30. The van der Waals surface area contributed by atoms with Crippen molar-refractivity contribution in [1.29, 1.82) is 0 Å². The summed E-state index contributed by atoms with van der Waals surface area (Å²) >= 11 is 0. The summed E-state index contributed by atoms with van der Waals surface area (Å²) in [4.78, 5) is 29.3. The van der Waals surface area contributed by atoms with Crippen LogP contribution in [0.25, 0.3) is 0 Å². The Balaban J connectivity index is 1.48. The zero-order valence-electron chi connectivity index (χ0n) is 17.7. The van der Waals surface area contributed by atoms with Gasteiger partial charge in [-0.1, -0.05) is 36.4 Å². The molecule has 158 valence electrons. The molecule has 0 aromatic heterocycles. The molecule has 0 saturated carbocycles. The smallest absolute Gasteiger partial charge is 0.310 e. The van der Waals surface area contributed by atoms with Gasteiger partial charge in [-0.05, 0) is 55.9 Å². The third-order valence-electron chi connectivity index (χ3n) is 6.17. The Kier molecular flexibility index (Phi) is 6.36. The van der Waals surface area contributed by atoms with Crippen LogP contribution < -0.4 is 4.90 Å². The van der Waals surface area contributed by atoms with Crippen LogP contribution in [0.3, 0.4) is 0 Å². The van der Waals surface area contributed by atoms with Gasteiger partial charge in [0.25, 0.3) is 0 Å². The Morgan fingerprint density at radius 1 is 1.00 bits per heavy atom. The number of para-hydroxylation sites is 2. The molecule has 5 nitrogen and oxygen atoms in total. The van der Waals surface area contributed by atoms with Gasteiger partial charge in [0.15, 0.2) is 0 Å². The molecule has 0 radical (unpaired) electrons. The average molecular weight is 407 g/mol. The fourth-order valence-electron chi connectivity index (χ4n) is 4.63. The predicted octanol–water partition coefficient (Wildman–Crippen LogP) is 4.12. The minimum Gasteiger partial charge on any atom is -0.466 e. The van der Waals surface area contributed by atoms with E-state index in [-0.39, 0.29) is 17.8 Å². The van der Waals surface area contributed by atoms with Crippen LogP contribution in [-0.2, 0) is 27.2 Å². The second kappa shape index (κ2) is 9.33. The number of esters is 1. The molecule has 2 heterocycles. The summed E-state index contributed by atoms with van der Waals surface area (Å²) in [6.45, 7) is 4.04. The van der Waals surface area contributed by atoms with Gasteiger partial charge in [0.05, 0.1) is 12.5 Å². The summed E-state index contributed by atoms with van der Waals surface area (Å²) in [5, 5.41) is 0. The normalized spacial score (nSPS) is 18.2. The maximum Gasteiger partial charge on any atom is 0.310 e. The lowest BCUT2D eigenvalue weighted by Gasteiger charge is -2.33. The maximum atomic E-state index is 13.0. The first-order valence-electron chi connectivity index (χ1n) is 11.0. The SMILES string of the molecule is CCOC(=O)[C@@H]1CCCN(C(=O)CCN2c3ccccc3CCc3ccccc32)C1. The predicted molar refractivity (Wildman–Crippen MR) is 118 cm³/mol. The molecule has 4 rings (SSSR count). The number of fused-ring (bicyclic) bond motifs is 2. The molecule has 0 unspecified atom stereocenters. The van der Waals surface area contributed by atoms with E-state index in [1.807, 2.05) is 11.8 Å². The van der Waals surface area contributed by atoms with Crippen molar-refractivity contribution in [3.8, 4) is 0 Å². The lowest BCUT2D eigenvalue weighted by Crippen LogP contribution is -2.43. The molecule has 0 bridgehead atoms. The number of piperidine rings is 1. The van der Waals surface area contributed by atoms with E-state index in [2.05, 4.69) is 53.4 Å². The van der Waals surface area contributed by atoms with Gasteiger partial charge in [0.1, 0.15) is 0 Å².